The predicted octanol–water partition coefficient (Wildman–Crippen LogP) is 5.03. The van der Waals surface area contributed by atoms with Gasteiger partial charge in [0.15, 0.2) is 5.82 Å². The van der Waals surface area contributed by atoms with Crippen LogP contribution in [0.15, 0.2) is 59.8 Å². The van der Waals surface area contributed by atoms with Crippen LogP contribution >= 0.6 is 0 Å². The highest BCUT2D eigenvalue weighted by Crippen LogP contribution is 2.31. The topological polar surface area (TPSA) is 91.9 Å². The number of benzene rings is 2. The van der Waals surface area contributed by atoms with Crippen LogP contribution < -0.4 is 4.72 Å². The number of nitrogens with zero attached hydrogens (tertiary/aromatic N) is 1. The van der Waals surface area contributed by atoms with Crippen LogP contribution in [-0.4, -0.2) is 24.2 Å². The molecule has 6 nitrogen and oxygen atoms in total. The Hall–Kier alpha value is -3.87. The molecule has 4 rings (SSSR count). The van der Waals surface area contributed by atoms with Gasteiger partial charge >= 0.3 is 6.18 Å². The summed E-state index contributed by atoms with van der Waals surface area (Å²) in [4.78, 5) is 18.5. The predicted molar refractivity (Wildman–Crippen MR) is 108 cm³/mol. The largest absolute Gasteiger partial charge is 0.416 e. The fourth-order valence-electron chi connectivity index (χ4n) is 3.17. The molecule has 0 atom stereocenters. The first-order valence-electron chi connectivity index (χ1n) is 9.24. The van der Waals surface area contributed by atoms with Gasteiger partial charge in [0, 0.05) is 17.1 Å². The maximum Gasteiger partial charge on any atom is 0.416 e. The van der Waals surface area contributed by atoms with Crippen LogP contribution in [0.25, 0.3) is 11.0 Å². The number of carbonyl (C=O) groups excluding carboxylic acids is 1. The lowest BCUT2D eigenvalue weighted by Gasteiger charge is -2.13. The molecule has 0 saturated carbocycles. The normalized spacial score (nSPS) is 12.2. The van der Waals surface area contributed by atoms with Crippen molar-refractivity contribution in [3.63, 3.8) is 0 Å². The van der Waals surface area contributed by atoms with E-state index < -0.39 is 61.1 Å². The van der Waals surface area contributed by atoms with E-state index in [1.165, 1.54) is 0 Å². The first-order chi connectivity index (χ1) is 15.9. The van der Waals surface area contributed by atoms with Crippen LogP contribution in [0.5, 0.6) is 0 Å². The fraction of sp³-hybridized carbons (Fsp3) is 0.0476. The first-order valence-corrected chi connectivity index (χ1v) is 10.7. The summed E-state index contributed by atoms with van der Waals surface area (Å²) in [5.41, 5.74) is -3.30. The Bertz CT molecular complexity index is 1530. The van der Waals surface area contributed by atoms with Crippen LogP contribution in [0, 0.1) is 17.5 Å². The minimum Gasteiger partial charge on any atom is -0.345 e. The van der Waals surface area contributed by atoms with E-state index in [2.05, 4.69) is 9.97 Å². The average molecular weight is 499 g/mol. The smallest absolute Gasteiger partial charge is 0.345 e. The summed E-state index contributed by atoms with van der Waals surface area (Å²) in [6, 6.07) is 4.63. The van der Waals surface area contributed by atoms with Crippen molar-refractivity contribution in [1.29, 1.82) is 0 Å². The Balaban J connectivity index is 1.71. The molecular weight excluding hydrogens is 488 g/mol. The van der Waals surface area contributed by atoms with Crippen molar-refractivity contribution in [2.75, 3.05) is 4.72 Å². The van der Waals surface area contributed by atoms with Crippen LogP contribution in [0.1, 0.15) is 21.5 Å². The number of hydrogen-bond donors (Lipinski definition) is 2. The number of rotatable bonds is 5. The third kappa shape index (κ3) is 4.21. The highest BCUT2D eigenvalue weighted by atomic mass is 32.2. The van der Waals surface area contributed by atoms with E-state index in [0.29, 0.717) is 36.4 Å². The summed E-state index contributed by atoms with van der Waals surface area (Å²) in [7, 11) is -4.60. The van der Waals surface area contributed by atoms with Gasteiger partial charge in [0.05, 0.1) is 27.9 Å². The second-order valence-electron chi connectivity index (χ2n) is 6.99. The molecule has 34 heavy (non-hydrogen) atoms. The van der Waals surface area contributed by atoms with Crippen molar-refractivity contribution in [1.82, 2.24) is 9.97 Å². The number of fused-ring (bicyclic) bond motifs is 1. The highest BCUT2D eigenvalue weighted by Gasteiger charge is 2.31. The molecule has 176 valence electrons. The number of sulfonamides is 1. The molecule has 13 heteroatoms. The van der Waals surface area contributed by atoms with Gasteiger partial charge in [-0.15, -0.1) is 0 Å². The van der Waals surface area contributed by atoms with E-state index in [1.54, 1.807) is 4.72 Å². The molecule has 2 heterocycles. The Kier molecular flexibility index (Phi) is 5.59. The molecule has 0 radical (unpaired) electrons. The van der Waals surface area contributed by atoms with Crippen LogP contribution in [-0.2, 0) is 16.2 Å². The van der Waals surface area contributed by atoms with Crippen molar-refractivity contribution >= 4 is 32.5 Å². The van der Waals surface area contributed by atoms with Gasteiger partial charge in [-0.05, 0) is 42.5 Å². The Morgan fingerprint density at radius 1 is 1.00 bits per heavy atom. The third-order valence-corrected chi connectivity index (χ3v) is 6.18. The van der Waals surface area contributed by atoms with Crippen molar-refractivity contribution in [2.45, 2.75) is 11.1 Å². The van der Waals surface area contributed by atoms with Gasteiger partial charge in [0.25, 0.3) is 10.0 Å². The SMILES string of the molecule is O=C(c1c(F)ccc(NS(=O)(=O)c2ccc(C(F)(F)F)cc2)c1F)c1c[nH]c2ncc(F)cc12. The van der Waals surface area contributed by atoms with Crippen molar-refractivity contribution < 1.29 is 39.6 Å². The molecule has 4 aromatic rings. The number of hydrogen-bond acceptors (Lipinski definition) is 4. The number of nitrogens with one attached hydrogen (secondary N) is 2. The lowest BCUT2D eigenvalue weighted by atomic mass is 10.0. The van der Waals surface area contributed by atoms with Gasteiger partial charge in [0.1, 0.15) is 17.3 Å². The van der Waals surface area contributed by atoms with E-state index in [-0.39, 0.29) is 16.6 Å². The van der Waals surface area contributed by atoms with Gasteiger partial charge in [-0.2, -0.15) is 13.2 Å². The molecule has 0 bridgehead atoms. The van der Waals surface area contributed by atoms with Crippen molar-refractivity contribution in [2.24, 2.45) is 0 Å². The van der Waals surface area contributed by atoms with E-state index in [0.717, 1.165) is 18.5 Å². The summed E-state index contributed by atoms with van der Waals surface area (Å²) in [6.45, 7) is 0. The number of anilines is 1. The Labute approximate surface area is 187 Å². The summed E-state index contributed by atoms with van der Waals surface area (Å²) >= 11 is 0. The molecule has 0 unspecified atom stereocenters. The first kappa shape index (κ1) is 23.3. The molecule has 0 spiro atoms. The summed E-state index contributed by atoms with van der Waals surface area (Å²) in [5.74, 6) is -4.91. The summed E-state index contributed by atoms with van der Waals surface area (Å²) in [6.07, 6.45) is -2.77. The molecule has 0 aliphatic rings. The number of pyridine rings is 1. The fourth-order valence-corrected chi connectivity index (χ4v) is 4.23. The Morgan fingerprint density at radius 3 is 2.32 bits per heavy atom. The molecule has 0 amide bonds. The zero-order chi connectivity index (χ0) is 24.8. The van der Waals surface area contributed by atoms with Crippen LogP contribution in [0.4, 0.5) is 32.0 Å². The number of aromatic amines is 1. The number of carbonyl (C=O) groups is 1. The number of ketones is 1. The van der Waals surface area contributed by atoms with E-state index in [4.69, 9.17) is 0 Å². The monoisotopic (exact) mass is 499 g/mol. The number of halogens is 6. The zero-order valence-electron chi connectivity index (χ0n) is 16.5. The van der Waals surface area contributed by atoms with Crippen LogP contribution in [0.2, 0.25) is 0 Å². The number of aromatic nitrogens is 2. The van der Waals surface area contributed by atoms with Gasteiger partial charge in [-0.25, -0.2) is 26.6 Å². The third-order valence-electron chi connectivity index (χ3n) is 4.80. The second kappa shape index (κ2) is 8.17. The van der Waals surface area contributed by atoms with Gasteiger partial charge in [0.2, 0.25) is 5.78 Å². The molecular formula is C21H11F6N3O3S. The minimum absolute atomic E-state index is 0.0560. The quantitative estimate of drug-likeness (QED) is 0.298. The lowest BCUT2D eigenvalue weighted by molar-refractivity contribution is -0.137. The molecule has 0 fully saturated rings. The molecule has 2 N–H and O–H groups in total. The van der Waals surface area contributed by atoms with Gasteiger partial charge in [-0.1, -0.05) is 0 Å². The van der Waals surface area contributed by atoms with E-state index in [1.807, 2.05) is 0 Å². The van der Waals surface area contributed by atoms with Crippen LogP contribution in [0.3, 0.4) is 0 Å². The summed E-state index contributed by atoms with van der Waals surface area (Å²) in [5, 5.41) is -0.0560. The molecule has 2 aromatic carbocycles. The second-order valence-corrected chi connectivity index (χ2v) is 8.68. The average Bonchev–Trinajstić information content (AvgIpc) is 3.18. The van der Waals surface area contributed by atoms with Gasteiger partial charge in [-0.3, -0.25) is 9.52 Å². The lowest BCUT2D eigenvalue weighted by Crippen LogP contribution is -2.17. The maximum atomic E-state index is 15.1. The number of H-pyrrole nitrogens is 1. The Morgan fingerprint density at radius 2 is 1.68 bits per heavy atom. The van der Waals surface area contributed by atoms with Crippen molar-refractivity contribution in [3.05, 3.63) is 89.0 Å². The molecule has 0 aliphatic carbocycles. The zero-order valence-corrected chi connectivity index (χ0v) is 17.4. The number of alkyl halides is 3. The maximum absolute atomic E-state index is 15.1. The summed E-state index contributed by atoms with van der Waals surface area (Å²) < 4.78 is 108. The standard InChI is InChI=1S/C21H11F6N3O3S/c22-11-7-13-14(9-29-20(13)28-8-11)19(31)17-15(23)5-6-16(18(17)24)30-34(32,33)12-3-1-10(2-4-12)21(25,26)27/h1-9,30H,(H,28,29). The van der Waals surface area contributed by atoms with E-state index in [9.17, 15) is 35.2 Å². The highest BCUT2D eigenvalue weighted by molar-refractivity contribution is 7.92. The van der Waals surface area contributed by atoms with Gasteiger partial charge < -0.3 is 4.98 Å². The molecule has 0 aliphatic heterocycles. The molecule has 2 aromatic heterocycles. The molecule has 0 saturated heterocycles. The van der Waals surface area contributed by atoms with E-state index >= 15 is 4.39 Å². The van der Waals surface area contributed by atoms with Crippen molar-refractivity contribution in [3.8, 4) is 0 Å². The minimum atomic E-state index is -4.70.